The highest BCUT2D eigenvalue weighted by atomic mass is 28.3. The second-order valence-electron chi connectivity index (χ2n) is 19.0. The SMILES string of the molecule is [2H]c1c([2H])c([2H])c2c(c1[2H])c1c([2H])c([2H])c([2H])c([2H])c1n2-c1nc(-n2c3c([2H])c([2H])c([2H])c([2H])c3c3c([2H])c([2H])c([2H])c([2H])c32)nc([Si](c2ccccc2)(c2ccccc2)c2ccc3c(c2)Oc2cc(-c4ccccc4)ccc2C32c3ccccc3-c3ccccc32)n1. The standard InChI is InChI=1S/C70H45N5OSi/c1-4-22-46(23-5-1)47-40-42-59-65(44-47)76-66-45-50(41-43-60(66)70(59)57-34-16-10-28-51(57)52-29-11-17-35-58(52)70)77(48-24-6-2-7-25-48,49-26-8-3-9-27-49)69-72-67(74-61-36-18-12-30-53(61)54-31-13-19-37-62(54)74)71-68(73-69)75-63-38-20-14-32-55(63)56-33-15-21-39-64(56)75/h1-45H/i12D,13D,14D,15D,18D,19D,20D,21D,30D,31D,32D,33D,36D,37D,38D,39D. The van der Waals surface area contributed by atoms with Crippen molar-refractivity contribution >= 4 is 72.7 Å². The Kier molecular flexibility index (Phi) is 6.63. The average Bonchev–Trinajstić information content (AvgIpc) is 1.56. The van der Waals surface area contributed by atoms with Crippen LogP contribution in [0.2, 0.25) is 0 Å². The second-order valence-corrected chi connectivity index (χ2v) is 22.7. The molecule has 1 aliphatic carbocycles. The summed E-state index contributed by atoms with van der Waals surface area (Å²) in [6.45, 7) is 0. The van der Waals surface area contributed by atoms with E-state index in [1.807, 2.05) is 127 Å². The van der Waals surface area contributed by atoms with Crippen LogP contribution in [0.3, 0.4) is 0 Å². The molecule has 360 valence electrons. The van der Waals surface area contributed by atoms with E-state index in [9.17, 15) is 11.0 Å². The van der Waals surface area contributed by atoms with Crippen LogP contribution in [0.25, 0.3) is 77.8 Å². The smallest absolute Gasteiger partial charge is 0.239 e. The number of ether oxygens (including phenoxy) is 1. The van der Waals surface area contributed by atoms with Crippen molar-refractivity contribution in [1.82, 2.24) is 24.1 Å². The van der Waals surface area contributed by atoms with Gasteiger partial charge in [0.05, 0.1) is 49.4 Å². The van der Waals surface area contributed by atoms with Crippen molar-refractivity contribution in [2.45, 2.75) is 5.41 Å². The summed E-state index contributed by atoms with van der Waals surface area (Å²) in [5.74, 6) is 0.0870. The van der Waals surface area contributed by atoms with Gasteiger partial charge in [-0.25, -0.2) is 9.97 Å². The minimum absolute atomic E-state index is 0.0398. The molecule has 1 aliphatic heterocycles. The van der Waals surface area contributed by atoms with E-state index in [4.69, 9.17) is 30.7 Å². The lowest BCUT2D eigenvalue weighted by Gasteiger charge is -2.40. The van der Waals surface area contributed by atoms with Gasteiger partial charge in [0.1, 0.15) is 16.9 Å². The van der Waals surface area contributed by atoms with Gasteiger partial charge in [0.2, 0.25) is 20.0 Å². The molecule has 16 rings (SSSR count). The van der Waals surface area contributed by atoms with Crippen molar-refractivity contribution < 1.29 is 26.7 Å². The zero-order valence-electron chi connectivity index (χ0n) is 56.4. The van der Waals surface area contributed by atoms with Crippen LogP contribution in [-0.4, -0.2) is 32.2 Å². The van der Waals surface area contributed by atoms with Crippen molar-refractivity contribution in [1.29, 1.82) is 0 Å². The van der Waals surface area contributed by atoms with Crippen molar-refractivity contribution in [3.8, 4) is 45.6 Å². The molecule has 0 saturated heterocycles. The fourth-order valence-electron chi connectivity index (χ4n) is 12.2. The zero-order valence-corrected chi connectivity index (χ0v) is 41.4. The fraction of sp³-hybridized carbons (Fsp3) is 0.0143. The van der Waals surface area contributed by atoms with Gasteiger partial charge in [-0.1, -0.05) is 236 Å². The lowest BCUT2D eigenvalue weighted by atomic mass is 9.66. The lowest BCUT2D eigenvalue weighted by molar-refractivity contribution is 0.437. The minimum Gasteiger partial charge on any atom is -0.457 e. The lowest BCUT2D eigenvalue weighted by Crippen LogP contribution is -2.76. The molecule has 0 fully saturated rings. The van der Waals surface area contributed by atoms with Gasteiger partial charge in [-0.2, -0.15) is 4.98 Å². The summed E-state index contributed by atoms with van der Waals surface area (Å²) in [6, 6.07) is 47.1. The number of aromatic nitrogens is 5. The summed E-state index contributed by atoms with van der Waals surface area (Å²) >= 11 is 0. The first-order valence-corrected chi connectivity index (χ1v) is 27.0. The van der Waals surface area contributed by atoms with Crippen molar-refractivity contribution in [2.24, 2.45) is 0 Å². The van der Waals surface area contributed by atoms with Crippen LogP contribution in [-0.2, 0) is 5.41 Å². The Morgan fingerprint density at radius 3 is 1.27 bits per heavy atom. The molecule has 0 N–H and O–H groups in total. The number of fused-ring (bicyclic) bond motifs is 15. The third kappa shape index (κ3) is 6.14. The summed E-state index contributed by atoms with van der Waals surface area (Å²) in [4.78, 5) is 16.1. The van der Waals surface area contributed by atoms with Crippen LogP contribution in [0.5, 0.6) is 11.5 Å². The molecule has 0 unspecified atom stereocenters. The third-order valence-corrected chi connectivity index (χ3v) is 19.8. The van der Waals surface area contributed by atoms with Gasteiger partial charge in [-0.3, -0.25) is 9.13 Å². The molecule has 3 aromatic heterocycles. The number of nitrogens with zero attached hydrogens (tertiary/aromatic N) is 5. The predicted octanol–water partition coefficient (Wildman–Crippen LogP) is 13.6. The van der Waals surface area contributed by atoms with Gasteiger partial charge < -0.3 is 4.74 Å². The van der Waals surface area contributed by atoms with Crippen molar-refractivity contribution in [2.75, 3.05) is 0 Å². The molecular weight excluding hydrogens is 955 g/mol. The van der Waals surface area contributed by atoms with E-state index in [1.54, 1.807) is 0 Å². The Morgan fingerprint density at radius 1 is 0.364 bits per heavy atom. The van der Waals surface area contributed by atoms with Gasteiger partial charge in [-0.15, -0.1) is 0 Å². The summed E-state index contributed by atoms with van der Waals surface area (Å²) < 4.78 is 158. The number of rotatable bonds is 7. The third-order valence-electron chi connectivity index (χ3n) is 15.3. The molecule has 0 saturated carbocycles. The summed E-state index contributed by atoms with van der Waals surface area (Å²) in [5, 5.41) is 0.785. The second kappa shape index (κ2) is 16.8. The van der Waals surface area contributed by atoms with Crippen LogP contribution in [0.1, 0.15) is 44.2 Å². The first-order valence-electron chi connectivity index (χ1n) is 33.0. The van der Waals surface area contributed by atoms with E-state index in [1.165, 1.54) is 0 Å². The van der Waals surface area contributed by atoms with E-state index in [0.717, 1.165) is 53.6 Å². The van der Waals surface area contributed by atoms with E-state index < -0.39 is 122 Å². The Bertz CT molecular complexity index is 5230. The van der Waals surface area contributed by atoms with Crippen LogP contribution < -0.4 is 25.7 Å². The molecule has 77 heavy (non-hydrogen) atoms. The quantitative estimate of drug-likeness (QED) is 0.118. The van der Waals surface area contributed by atoms with Gasteiger partial charge in [0.15, 0.2) is 0 Å². The first-order chi connectivity index (χ1) is 44.8. The summed E-state index contributed by atoms with van der Waals surface area (Å²) in [6.07, 6.45) is 0. The van der Waals surface area contributed by atoms with E-state index in [-0.39, 0.29) is 49.1 Å². The molecule has 11 aromatic carbocycles. The Morgan fingerprint density at radius 2 is 0.779 bits per heavy atom. The molecule has 2 aliphatic rings. The molecular formula is C70H45N5OSi. The molecule has 0 bridgehead atoms. The maximum atomic E-state index is 9.66. The predicted molar refractivity (Wildman–Crippen MR) is 315 cm³/mol. The van der Waals surface area contributed by atoms with Gasteiger partial charge >= 0.3 is 0 Å². The van der Waals surface area contributed by atoms with Crippen LogP contribution in [0, 0.1) is 0 Å². The molecule has 7 heteroatoms. The van der Waals surface area contributed by atoms with Gasteiger partial charge in [0.25, 0.3) is 0 Å². The summed E-state index contributed by atoms with van der Waals surface area (Å²) in [7, 11) is -4.42. The largest absolute Gasteiger partial charge is 0.457 e. The monoisotopic (exact) mass is 1020 g/mol. The highest BCUT2D eigenvalue weighted by molar-refractivity contribution is 7.19. The molecule has 6 nitrogen and oxygen atoms in total. The number of benzene rings is 11. The zero-order chi connectivity index (χ0) is 64.6. The number of hydrogen-bond donors (Lipinski definition) is 0. The van der Waals surface area contributed by atoms with Crippen LogP contribution in [0.4, 0.5) is 0 Å². The Hall–Kier alpha value is -9.95. The van der Waals surface area contributed by atoms with E-state index in [2.05, 4.69) is 48.5 Å². The van der Waals surface area contributed by atoms with Crippen molar-refractivity contribution in [3.63, 3.8) is 0 Å². The topological polar surface area (TPSA) is 57.8 Å². The molecule has 0 amide bonds. The average molecular weight is 1020 g/mol. The maximum absolute atomic E-state index is 9.66. The highest BCUT2D eigenvalue weighted by Crippen LogP contribution is 2.62. The summed E-state index contributed by atoms with van der Waals surface area (Å²) in [5.41, 5.74) is 5.38. The van der Waals surface area contributed by atoms with Gasteiger partial charge in [0, 0.05) is 32.7 Å². The maximum Gasteiger partial charge on any atom is 0.239 e. The minimum atomic E-state index is -4.42. The van der Waals surface area contributed by atoms with Gasteiger partial charge in [-0.05, 0) is 85.2 Å². The number of hydrogen-bond acceptors (Lipinski definition) is 4. The molecule has 1 spiro atoms. The van der Waals surface area contributed by atoms with E-state index >= 15 is 0 Å². The van der Waals surface area contributed by atoms with Crippen LogP contribution >= 0.6 is 0 Å². The first kappa shape index (κ1) is 30.4. The highest BCUT2D eigenvalue weighted by Gasteiger charge is 2.53. The Balaban J connectivity index is 1.10. The van der Waals surface area contributed by atoms with Crippen LogP contribution in [0.15, 0.2) is 273 Å². The molecule has 0 radical (unpaired) electrons. The number of para-hydroxylation sites is 4. The molecule has 0 atom stereocenters. The molecule has 4 heterocycles. The Labute approximate surface area is 467 Å². The normalized spacial score (nSPS) is 16.1. The van der Waals surface area contributed by atoms with E-state index in [0.29, 0.717) is 27.1 Å². The van der Waals surface area contributed by atoms with Crippen molar-refractivity contribution in [3.05, 3.63) is 295 Å². The fourth-order valence-corrected chi connectivity index (χ4v) is 16.6. The molecule has 14 aromatic rings.